The molecule has 0 bridgehead atoms. The Bertz CT molecular complexity index is 847. The minimum absolute atomic E-state index is 0.288. The summed E-state index contributed by atoms with van der Waals surface area (Å²) in [5.74, 6) is -0.0239. The SMILES string of the molecule is COc1ccc(C(=O)C[C@]2(O)C(=O)N(C)c3ccccc32)c(OC)c1. The number of Topliss-reactive ketones (excluding diaryl/α,β-unsaturated/α-hetero) is 1. The Morgan fingerprint density at radius 1 is 1.16 bits per heavy atom. The zero-order valence-corrected chi connectivity index (χ0v) is 14.3. The number of rotatable bonds is 5. The van der Waals surface area contributed by atoms with Crippen LogP contribution < -0.4 is 14.4 Å². The molecule has 2 aromatic rings. The van der Waals surface area contributed by atoms with Gasteiger partial charge in [0.1, 0.15) is 11.5 Å². The number of carbonyl (C=O) groups excluding carboxylic acids is 2. The van der Waals surface area contributed by atoms with Crippen LogP contribution in [0.15, 0.2) is 42.5 Å². The average molecular weight is 341 g/mol. The average Bonchev–Trinajstić information content (AvgIpc) is 2.83. The fourth-order valence-corrected chi connectivity index (χ4v) is 3.15. The van der Waals surface area contributed by atoms with Crippen molar-refractivity contribution in [2.75, 3.05) is 26.2 Å². The molecule has 6 heteroatoms. The Labute approximate surface area is 145 Å². The van der Waals surface area contributed by atoms with Gasteiger partial charge in [0.15, 0.2) is 11.4 Å². The number of carbonyl (C=O) groups is 2. The van der Waals surface area contributed by atoms with E-state index >= 15 is 0 Å². The summed E-state index contributed by atoms with van der Waals surface area (Å²) in [5.41, 5.74) is -0.558. The van der Waals surface area contributed by atoms with Crippen LogP contribution in [-0.4, -0.2) is 38.1 Å². The summed E-state index contributed by atoms with van der Waals surface area (Å²) >= 11 is 0. The standard InChI is InChI=1S/C19H19NO5/c1-20-15-7-5-4-6-14(15)19(23,18(20)22)11-16(21)13-9-8-12(24-2)10-17(13)25-3/h4-10,23H,11H2,1-3H3/t19-/m1/s1. The van der Waals surface area contributed by atoms with Crippen molar-refractivity contribution in [1.82, 2.24) is 0 Å². The number of fused-ring (bicyclic) bond motifs is 1. The van der Waals surface area contributed by atoms with Gasteiger partial charge in [-0.05, 0) is 18.2 Å². The molecule has 0 aromatic heterocycles. The van der Waals surface area contributed by atoms with Crippen molar-refractivity contribution in [1.29, 1.82) is 0 Å². The molecule has 2 aromatic carbocycles. The van der Waals surface area contributed by atoms with Gasteiger partial charge in [-0.25, -0.2) is 0 Å². The predicted octanol–water partition coefficient (Wildman–Crippen LogP) is 2.14. The molecule has 1 amide bonds. The molecule has 0 aliphatic carbocycles. The van der Waals surface area contributed by atoms with E-state index < -0.39 is 11.5 Å². The van der Waals surface area contributed by atoms with Crippen LogP contribution >= 0.6 is 0 Å². The maximum atomic E-state index is 12.8. The lowest BCUT2D eigenvalue weighted by molar-refractivity contribution is -0.135. The molecule has 0 saturated heterocycles. The predicted molar refractivity (Wildman–Crippen MR) is 92.2 cm³/mol. The van der Waals surface area contributed by atoms with Gasteiger partial charge >= 0.3 is 0 Å². The van der Waals surface area contributed by atoms with Crippen molar-refractivity contribution < 1.29 is 24.2 Å². The van der Waals surface area contributed by atoms with Crippen LogP contribution in [0.2, 0.25) is 0 Å². The molecule has 1 atom stereocenters. The van der Waals surface area contributed by atoms with Gasteiger partial charge in [0.05, 0.1) is 31.9 Å². The minimum Gasteiger partial charge on any atom is -0.497 e. The summed E-state index contributed by atoms with van der Waals surface area (Å²) in [6.45, 7) is 0. The fourth-order valence-electron chi connectivity index (χ4n) is 3.15. The van der Waals surface area contributed by atoms with E-state index in [1.54, 1.807) is 49.5 Å². The van der Waals surface area contributed by atoms with Crippen molar-refractivity contribution in [2.45, 2.75) is 12.0 Å². The van der Waals surface area contributed by atoms with Gasteiger partial charge in [-0.15, -0.1) is 0 Å². The number of nitrogens with zero attached hydrogens (tertiary/aromatic N) is 1. The maximum absolute atomic E-state index is 12.8. The molecule has 1 N–H and O–H groups in total. The Kier molecular flexibility index (Phi) is 4.22. The Balaban J connectivity index is 1.97. The molecule has 0 unspecified atom stereocenters. The number of ketones is 1. The van der Waals surface area contributed by atoms with Gasteiger partial charge in [-0.3, -0.25) is 9.59 Å². The zero-order valence-electron chi connectivity index (χ0n) is 14.3. The summed E-state index contributed by atoms with van der Waals surface area (Å²) in [5, 5.41) is 11.0. The molecule has 130 valence electrons. The molecule has 1 heterocycles. The first-order valence-electron chi connectivity index (χ1n) is 7.77. The first kappa shape index (κ1) is 17.0. The quantitative estimate of drug-likeness (QED) is 0.843. The highest BCUT2D eigenvalue weighted by Gasteiger charge is 2.49. The van der Waals surface area contributed by atoms with Crippen molar-refractivity contribution in [3.63, 3.8) is 0 Å². The Hall–Kier alpha value is -2.86. The lowest BCUT2D eigenvalue weighted by Crippen LogP contribution is -2.40. The third-order valence-corrected chi connectivity index (χ3v) is 4.49. The lowest BCUT2D eigenvalue weighted by Gasteiger charge is -2.21. The number of anilines is 1. The van der Waals surface area contributed by atoms with Gasteiger partial charge in [0.25, 0.3) is 5.91 Å². The number of likely N-dealkylation sites (N-methyl/N-ethyl adjacent to an activating group) is 1. The molecule has 3 rings (SSSR count). The smallest absolute Gasteiger partial charge is 0.263 e. The summed E-state index contributed by atoms with van der Waals surface area (Å²) < 4.78 is 10.4. The highest BCUT2D eigenvalue weighted by atomic mass is 16.5. The van der Waals surface area contributed by atoms with E-state index in [-0.39, 0.29) is 17.8 Å². The molecular weight excluding hydrogens is 322 g/mol. The number of benzene rings is 2. The number of amides is 1. The van der Waals surface area contributed by atoms with Gasteiger partial charge in [-0.2, -0.15) is 0 Å². The summed E-state index contributed by atoms with van der Waals surface area (Å²) in [6.07, 6.45) is -0.365. The third kappa shape index (κ3) is 2.64. The monoisotopic (exact) mass is 341 g/mol. The third-order valence-electron chi connectivity index (χ3n) is 4.49. The van der Waals surface area contributed by atoms with Crippen LogP contribution in [0.3, 0.4) is 0 Å². The largest absolute Gasteiger partial charge is 0.497 e. The van der Waals surface area contributed by atoms with E-state index in [0.717, 1.165) is 0 Å². The molecule has 25 heavy (non-hydrogen) atoms. The second-order valence-corrected chi connectivity index (χ2v) is 5.91. The number of ether oxygens (including phenoxy) is 2. The number of hydrogen-bond donors (Lipinski definition) is 1. The van der Waals surface area contributed by atoms with Gasteiger partial charge in [0.2, 0.25) is 0 Å². The van der Waals surface area contributed by atoms with Gasteiger partial charge < -0.3 is 19.5 Å². The second-order valence-electron chi connectivity index (χ2n) is 5.91. The molecule has 0 saturated carbocycles. The maximum Gasteiger partial charge on any atom is 0.263 e. The number of para-hydroxylation sites is 1. The summed E-state index contributed by atoms with van der Waals surface area (Å²) in [7, 11) is 4.55. The summed E-state index contributed by atoms with van der Waals surface area (Å²) in [6, 6.07) is 11.7. The number of hydrogen-bond acceptors (Lipinski definition) is 5. The van der Waals surface area contributed by atoms with Gasteiger partial charge in [0, 0.05) is 18.7 Å². The topological polar surface area (TPSA) is 76.1 Å². The van der Waals surface area contributed by atoms with Crippen LogP contribution in [0.4, 0.5) is 5.69 Å². The fraction of sp³-hybridized carbons (Fsp3) is 0.263. The minimum atomic E-state index is -1.88. The zero-order chi connectivity index (χ0) is 18.2. The molecule has 1 aliphatic heterocycles. The molecule has 0 spiro atoms. The van der Waals surface area contributed by atoms with E-state index in [1.165, 1.54) is 19.1 Å². The van der Waals surface area contributed by atoms with Crippen LogP contribution in [0, 0.1) is 0 Å². The van der Waals surface area contributed by atoms with E-state index in [4.69, 9.17) is 9.47 Å². The molecule has 6 nitrogen and oxygen atoms in total. The number of methoxy groups -OCH3 is 2. The van der Waals surface area contributed by atoms with Crippen molar-refractivity contribution in [3.05, 3.63) is 53.6 Å². The Morgan fingerprint density at radius 2 is 1.88 bits per heavy atom. The lowest BCUT2D eigenvalue weighted by atomic mass is 9.88. The summed E-state index contributed by atoms with van der Waals surface area (Å²) in [4.78, 5) is 26.7. The van der Waals surface area contributed by atoms with Crippen molar-refractivity contribution >= 4 is 17.4 Å². The highest BCUT2D eigenvalue weighted by Crippen LogP contribution is 2.42. The molecule has 0 fully saturated rings. The van der Waals surface area contributed by atoms with E-state index in [1.807, 2.05) is 0 Å². The van der Waals surface area contributed by atoms with Crippen molar-refractivity contribution in [2.24, 2.45) is 0 Å². The highest BCUT2D eigenvalue weighted by molar-refractivity contribution is 6.11. The van der Waals surface area contributed by atoms with Crippen LogP contribution in [0.1, 0.15) is 22.3 Å². The van der Waals surface area contributed by atoms with Crippen LogP contribution in [-0.2, 0) is 10.4 Å². The number of aliphatic hydroxyl groups is 1. The van der Waals surface area contributed by atoms with Crippen molar-refractivity contribution in [3.8, 4) is 11.5 Å². The van der Waals surface area contributed by atoms with Crippen LogP contribution in [0.25, 0.3) is 0 Å². The van der Waals surface area contributed by atoms with Gasteiger partial charge in [-0.1, -0.05) is 18.2 Å². The molecular formula is C19H19NO5. The molecule has 1 aliphatic rings. The normalized spacial score (nSPS) is 18.9. The van der Waals surface area contributed by atoms with E-state index in [0.29, 0.717) is 22.7 Å². The van der Waals surface area contributed by atoms with Crippen LogP contribution in [0.5, 0.6) is 11.5 Å². The first-order valence-corrected chi connectivity index (χ1v) is 7.77. The second kappa shape index (κ2) is 6.22. The Morgan fingerprint density at radius 3 is 2.56 bits per heavy atom. The van der Waals surface area contributed by atoms with E-state index in [2.05, 4.69) is 0 Å². The first-order chi connectivity index (χ1) is 11.9. The van der Waals surface area contributed by atoms with E-state index in [9.17, 15) is 14.7 Å². The molecule has 0 radical (unpaired) electrons.